The maximum atomic E-state index is 11.1. The third-order valence-electron chi connectivity index (χ3n) is 1.68. The second kappa shape index (κ2) is 4.37. The molecule has 4 heteroatoms. The fourth-order valence-electron chi connectivity index (χ4n) is 1.12. The summed E-state index contributed by atoms with van der Waals surface area (Å²) in [4.78, 5) is 21.9. The van der Waals surface area contributed by atoms with Gasteiger partial charge in [-0.15, -0.1) is 0 Å². The summed E-state index contributed by atoms with van der Waals surface area (Å²) in [6, 6.07) is 5.06. The Morgan fingerprint density at radius 3 is 2.50 bits per heavy atom. The normalized spacial score (nSPS) is 12.8. The molecule has 2 rings (SSSR count). The zero-order valence-corrected chi connectivity index (χ0v) is 9.51. The number of hydrogen-bond donors (Lipinski definition) is 1. The minimum atomic E-state index is -0.553. The van der Waals surface area contributed by atoms with Crippen molar-refractivity contribution in [1.29, 1.82) is 0 Å². The van der Waals surface area contributed by atoms with Crippen molar-refractivity contribution in [1.82, 2.24) is 0 Å². The van der Waals surface area contributed by atoms with E-state index in [1.54, 1.807) is 18.2 Å². The Morgan fingerprint density at radius 2 is 1.86 bits per heavy atom. The zero-order chi connectivity index (χ0) is 10.7. The molecule has 0 fully saturated rings. The number of nitrogens with one attached hydrogen (secondary N) is 1. The van der Waals surface area contributed by atoms with Crippen molar-refractivity contribution in [3.63, 3.8) is 0 Å². The van der Waals surface area contributed by atoms with Gasteiger partial charge in [-0.2, -0.15) is 0 Å². The highest BCUT2D eigenvalue weighted by molar-refractivity contribution is 9.10. The van der Waals surface area contributed by atoms with Crippen LogP contribution in [-0.2, 0) is 4.79 Å². The monoisotopic (exact) mass is 255 g/mol. The number of anilines is 1. The Bertz CT molecular complexity index is 388. The lowest BCUT2D eigenvalue weighted by Crippen LogP contribution is -2.12. The van der Waals surface area contributed by atoms with Gasteiger partial charge in [0.05, 0.1) is 11.3 Å². The van der Waals surface area contributed by atoms with Crippen LogP contribution < -0.4 is 5.32 Å². The van der Waals surface area contributed by atoms with E-state index in [0.717, 1.165) is 4.47 Å². The summed E-state index contributed by atoms with van der Waals surface area (Å²) in [5, 5.41) is 2.47. The first-order chi connectivity index (χ1) is 6.68. The molecule has 0 saturated carbocycles. The van der Waals surface area contributed by atoms with Gasteiger partial charge >= 0.3 is 0 Å². The number of hydrogen-bond acceptors (Lipinski definition) is 2. The van der Waals surface area contributed by atoms with Crippen LogP contribution in [0.4, 0.5) is 5.69 Å². The van der Waals surface area contributed by atoms with Crippen LogP contribution in [0.2, 0.25) is 0 Å². The summed E-state index contributed by atoms with van der Waals surface area (Å²) >= 11 is 3.24. The lowest BCUT2D eigenvalue weighted by molar-refractivity contribution is -0.112. The Hall–Kier alpha value is -1.16. The molecule has 3 nitrogen and oxygen atoms in total. The van der Waals surface area contributed by atoms with E-state index in [4.69, 9.17) is 0 Å². The minimum Gasteiger partial charge on any atom is -0.318 e. The third kappa shape index (κ3) is 1.85. The van der Waals surface area contributed by atoms with Crippen LogP contribution in [0, 0.1) is 0 Å². The molecule has 1 aliphatic rings. The predicted octanol–water partition coefficient (Wildman–Crippen LogP) is 2.61. The first-order valence-electron chi connectivity index (χ1n) is 4.34. The van der Waals surface area contributed by atoms with Crippen LogP contribution in [0.3, 0.4) is 0 Å². The molecule has 74 valence electrons. The van der Waals surface area contributed by atoms with E-state index in [1.165, 1.54) is 0 Å². The number of benzene rings is 1. The van der Waals surface area contributed by atoms with Crippen LogP contribution >= 0.6 is 15.9 Å². The maximum Gasteiger partial charge on any atom is 0.296 e. The Kier molecular flexibility index (Phi) is 3.41. The molecule has 0 radical (unpaired) electrons. The first-order valence-corrected chi connectivity index (χ1v) is 5.13. The average molecular weight is 256 g/mol. The molecule has 0 aromatic heterocycles. The Balaban J connectivity index is 0.000000461. The van der Waals surface area contributed by atoms with Crippen molar-refractivity contribution in [3.05, 3.63) is 28.2 Å². The summed E-state index contributed by atoms with van der Waals surface area (Å²) in [6.07, 6.45) is 0. The molecule has 1 aromatic rings. The second-order valence-corrected chi connectivity index (χ2v) is 3.39. The van der Waals surface area contributed by atoms with Gasteiger partial charge in [-0.25, -0.2) is 0 Å². The van der Waals surface area contributed by atoms with Crippen molar-refractivity contribution in [2.45, 2.75) is 13.8 Å². The molecule has 0 saturated heterocycles. The molecular weight excluding hydrogens is 246 g/mol. The van der Waals surface area contributed by atoms with Crippen molar-refractivity contribution in [2.24, 2.45) is 0 Å². The lowest BCUT2D eigenvalue weighted by atomic mass is 10.1. The molecule has 14 heavy (non-hydrogen) atoms. The molecule has 0 unspecified atom stereocenters. The van der Waals surface area contributed by atoms with Gasteiger partial charge in [0.2, 0.25) is 0 Å². The lowest BCUT2D eigenvalue weighted by Gasteiger charge is -1.95. The Morgan fingerprint density at radius 1 is 1.21 bits per heavy atom. The van der Waals surface area contributed by atoms with E-state index in [9.17, 15) is 9.59 Å². The largest absolute Gasteiger partial charge is 0.318 e. The molecule has 1 N–H and O–H groups in total. The van der Waals surface area contributed by atoms with Crippen molar-refractivity contribution >= 4 is 33.3 Å². The van der Waals surface area contributed by atoms with Crippen molar-refractivity contribution < 1.29 is 9.59 Å². The van der Waals surface area contributed by atoms with E-state index in [0.29, 0.717) is 11.3 Å². The fraction of sp³-hybridized carbons (Fsp3) is 0.200. The molecule has 1 amide bonds. The molecular formula is C10H10BrNO2. The molecule has 0 atom stereocenters. The molecule has 1 aliphatic heterocycles. The topological polar surface area (TPSA) is 46.2 Å². The molecule has 0 spiro atoms. The number of fused-ring (bicyclic) bond motifs is 1. The SMILES string of the molecule is CC.O=C1Nc2cc(Br)ccc2C1=O. The predicted molar refractivity (Wildman–Crippen MR) is 58.5 cm³/mol. The maximum absolute atomic E-state index is 11.1. The fourth-order valence-corrected chi connectivity index (χ4v) is 1.48. The van der Waals surface area contributed by atoms with Crippen LogP contribution in [0.1, 0.15) is 24.2 Å². The highest BCUT2D eigenvalue weighted by atomic mass is 79.9. The highest BCUT2D eigenvalue weighted by Crippen LogP contribution is 2.26. The number of ketones is 1. The van der Waals surface area contributed by atoms with Crippen LogP contribution in [-0.4, -0.2) is 11.7 Å². The first kappa shape index (κ1) is 10.9. The summed E-state index contributed by atoms with van der Waals surface area (Å²) in [7, 11) is 0. The quantitative estimate of drug-likeness (QED) is 0.725. The highest BCUT2D eigenvalue weighted by Gasteiger charge is 2.27. The van der Waals surface area contributed by atoms with Crippen LogP contribution in [0.5, 0.6) is 0 Å². The second-order valence-electron chi connectivity index (χ2n) is 2.47. The van der Waals surface area contributed by atoms with Gasteiger partial charge in [-0.1, -0.05) is 29.8 Å². The van der Waals surface area contributed by atoms with E-state index < -0.39 is 11.7 Å². The Labute approximate surface area is 90.6 Å². The zero-order valence-electron chi connectivity index (χ0n) is 7.93. The van der Waals surface area contributed by atoms with E-state index in [-0.39, 0.29) is 0 Å². The van der Waals surface area contributed by atoms with Crippen molar-refractivity contribution in [3.8, 4) is 0 Å². The molecule has 0 aliphatic carbocycles. The number of rotatable bonds is 0. The molecule has 0 bridgehead atoms. The minimum absolute atomic E-state index is 0.447. The smallest absolute Gasteiger partial charge is 0.296 e. The van der Waals surface area contributed by atoms with Gasteiger partial charge in [0.25, 0.3) is 11.7 Å². The van der Waals surface area contributed by atoms with Crippen molar-refractivity contribution in [2.75, 3.05) is 5.32 Å². The number of carbonyl (C=O) groups excluding carboxylic acids is 2. The summed E-state index contributed by atoms with van der Waals surface area (Å²) in [5.41, 5.74) is 1.03. The molecule has 1 heterocycles. The number of Topliss-reactive ketones (excluding diaryl/α,β-unsaturated/α-hetero) is 1. The van der Waals surface area contributed by atoms with Gasteiger partial charge in [-0.05, 0) is 18.2 Å². The van der Waals surface area contributed by atoms with Gasteiger partial charge in [-0.3, -0.25) is 9.59 Å². The molecule has 1 aromatic carbocycles. The number of halogens is 1. The number of amides is 1. The van der Waals surface area contributed by atoms with Gasteiger partial charge in [0, 0.05) is 4.47 Å². The average Bonchev–Trinajstić information content (AvgIpc) is 2.45. The third-order valence-corrected chi connectivity index (χ3v) is 2.17. The summed E-state index contributed by atoms with van der Waals surface area (Å²) < 4.78 is 0.844. The standard InChI is InChI=1S/C8H4BrNO2.C2H6/c9-4-1-2-5-6(3-4)10-8(12)7(5)11;1-2/h1-3H,(H,10,11,12);1-2H3. The number of carbonyl (C=O) groups is 2. The van der Waals surface area contributed by atoms with Gasteiger partial charge < -0.3 is 5.32 Å². The van der Waals surface area contributed by atoms with Crippen LogP contribution in [0.25, 0.3) is 0 Å². The van der Waals surface area contributed by atoms with E-state index in [2.05, 4.69) is 21.2 Å². The van der Waals surface area contributed by atoms with E-state index in [1.807, 2.05) is 13.8 Å². The van der Waals surface area contributed by atoms with E-state index >= 15 is 0 Å². The van der Waals surface area contributed by atoms with Gasteiger partial charge in [0.15, 0.2) is 0 Å². The summed E-state index contributed by atoms with van der Waals surface area (Å²) in [5.74, 6) is -1.01. The van der Waals surface area contributed by atoms with Crippen LogP contribution in [0.15, 0.2) is 22.7 Å². The van der Waals surface area contributed by atoms with Gasteiger partial charge in [0.1, 0.15) is 0 Å². The summed E-state index contributed by atoms with van der Waals surface area (Å²) in [6.45, 7) is 4.00.